The number of aliphatic hydroxyl groups excluding tert-OH is 1. The molecule has 4 rings (SSSR count). The number of nitrogens with zero attached hydrogens (tertiary/aromatic N) is 1. The van der Waals surface area contributed by atoms with Crippen molar-refractivity contribution in [3.8, 4) is 5.75 Å². The summed E-state index contributed by atoms with van der Waals surface area (Å²) in [6.07, 6.45) is 1.34. The lowest BCUT2D eigenvalue weighted by atomic mass is 9.94. The third kappa shape index (κ3) is 3.16. The van der Waals surface area contributed by atoms with E-state index >= 15 is 0 Å². The molecular weight excluding hydrogens is 377 g/mol. The molecule has 7 heteroatoms. The van der Waals surface area contributed by atoms with Crippen LogP contribution in [-0.2, 0) is 4.79 Å². The maximum Gasteiger partial charge on any atom is 0.294 e. The lowest BCUT2D eigenvalue weighted by Gasteiger charge is -2.26. The van der Waals surface area contributed by atoms with Gasteiger partial charge in [0.1, 0.15) is 11.6 Å². The normalized spacial score (nSPS) is 16.4. The number of hydrogen-bond donors (Lipinski definition) is 1. The van der Waals surface area contributed by atoms with E-state index in [-0.39, 0.29) is 11.3 Å². The van der Waals surface area contributed by atoms with Crippen molar-refractivity contribution in [3.63, 3.8) is 0 Å². The van der Waals surface area contributed by atoms with Crippen LogP contribution in [0.4, 0.5) is 10.1 Å². The van der Waals surface area contributed by atoms with Gasteiger partial charge in [-0.1, -0.05) is 12.1 Å². The summed E-state index contributed by atoms with van der Waals surface area (Å²) in [5, 5.41) is 10.6. The van der Waals surface area contributed by atoms with E-state index in [9.17, 15) is 19.1 Å². The molecule has 146 valence electrons. The highest BCUT2D eigenvalue weighted by Gasteiger charge is 2.45. The molecular formula is C22H16FNO5. The number of anilines is 1. The van der Waals surface area contributed by atoms with Crippen LogP contribution in [0.25, 0.3) is 0 Å². The van der Waals surface area contributed by atoms with E-state index < -0.39 is 29.3 Å². The number of methoxy groups -OCH3 is 1. The largest absolute Gasteiger partial charge is 0.503 e. The van der Waals surface area contributed by atoms with E-state index in [4.69, 9.17) is 9.15 Å². The fraction of sp³-hybridized carbons (Fsp3) is 0.0909. The van der Waals surface area contributed by atoms with Crippen LogP contribution in [0.1, 0.15) is 22.2 Å². The molecule has 1 amide bonds. The van der Waals surface area contributed by atoms with Gasteiger partial charge in [-0.3, -0.25) is 14.5 Å². The van der Waals surface area contributed by atoms with Crippen LogP contribution < -0.4 is 9.64 Å². The Morgan fingerprint density at radius 3 is 2.38 bits per heavy atom. The number of ketones is 1. The molecule has 0 spiro atoms. The van der Waals surface area contributed by atoms with Crippen LogP contribution in [0.15, 0.2) is 82.7 Å². The zero-order chi connectivity index (χ0) is 20.5. The lowest BCUT2D eigenvalue weighted by Crippen LogP contribution is -2.31. The van der Waals surface area contributed by atoms with Crippen LogP contribution in [0.5, 0.6) is 5.75 Å². The third-order valence-electron chi connectivity index (χ3n) is 4.73. The highest BCUT2D eigenvalue weighted by atomic mass is 19.1. The second kappa shape index (κ2) is 7.27. The van der Waals surface area contributed by atoms with Gasteiger partial charge < -0.3 is 14.3 Å². The van der Waals surface area contributed by atoms with Gasteiger partial charge in [-0.25, -0.2) is 4.39 Å². The van der Waals surface area contributed by atoms with Crippen LogP contribution in [0, 0.1) is 5.82 Å². The number of carbonyl (C=O) groups excluding carboxylic acids is 2. The minimum atomic E-state index is -0.920. The number of hydrogen-bond acceptors (Lipinski definition) is 5. The molecule has 29 heavy (non-hydrogen) atoms. The first-order chi connectivity index (χ1) is 14.0. The maximum absolute atomic E-state index is 13.4. The van der Waals surface area contributed by atoms with E-state index in [1.165, 1.54) is 48.6 Å². The standard InChI is InChI=1S/C22H16FNO5/c1-28-16-10-4-13(5-11-16)19-18(20(25)17-3-2-12-29-17)21(26)22(27)24(19)15-8-6-14(23)7-9-15/h2-12,19,26H,1H3. The molecule has 6 nitrogen and oxygen atoms in total. The van der Waals surface area contributed by atoms with E-state index in [1.807, 2.05) is 0 Å². The SMILES string of the molecule is COc1ccc(C2C(C(=O)c3ccco3)=C(O)C(=O)N2c2ccc(F)cc2)cc1. The van der Waals surface area contributed by atoms with Gasteiger partial charge >= 0.3 is 0 Å². The molecule has 1 N–H and O–H groups in total. The molecule has 2 heterocycles. The fourth-order valence-corrected chi connectivity index (χ4v) is 3.35. The van der Waals surface area contributed by atoms with Crippen LogP contribution in [0.2, 0.25) is 0 Å². The highest BCUT2D eigenvalue weighted by Crippen LogP contribution is 2.42. The molecule has 1 aliphatic heterocycles. The molecule has 1 unspecified atom stereocenters. The molecule has 1 atom stereocenters. The molecule has 0 saturated heterocycles. The van der Waals surface area contributed by atoms with Gasteiger partial charge in [0.05, 0.1) is 25.0 Å². The van der Waals surface area contributed by atoms with Gasteiger partial charge in [0.25, 0.3) is 5.91 Å². The average molecular weight is 393 g/mol. The summed E-state index contributed by atoms with van der Waals surface area (Å²) in [5.41, 5.74) is 0.799. The first-order valence-electron chi connectivity index (χ1n) is 8.75. The molecule has 3 aromatic rings. The van der Waals surface area contributed by atoms with E-state index in [0.29, 0.717) is 17.0 Å². The topological polar surface area (TPSA) is 80.0 Å². The van der Waals surface area contributed by atoms with Crippen molar-refractivity contribution in [3.05, 3.63) is 95.4 Å². The number of amides is 1. The van der Waals surface area contributed by atoms with Gasteiger partial charge in [-0.2, -0.15) is 0 Å². The predicted molar refractivity (Wildman–Crippen MR) is 102 cm³/mol. The summed E-state index contributed by atoms with van der Waals surface area (Å²) in [5.74, 6) is -1.90. The summed E-state index contributed by atoms with van der Waals surface area (Å²) >= 11 is 0. The van der Waals surface area contributed by atoms with Crippen molar-refractivity contribution in [2.24, 2.45) is 0 Å². The Bertz CT molecular complexity index is 1090. The van der Waals surface area contributed by atoms with Crippen molar-refractivity contribution < 1.29 is 28.2 Å². The number of benzene rings is 2. The van der Waals surface area contributed by atoms with E-state index in [0.717, 1.165) is 0 Å². The minimum absolute atomic E-state index is 0.00109. The Morgan fingerprint density at radius 2 is 1.79 bits per heavy atom. The number of ether oxygens (including phenoxy) is 1. The lowest BCUT2D eigenvalue weighted by molar-refractivity contribution is -0.117. The number of aliphatic hydroxyl groups is 1. The Hall–Kier alpha value is -3.87. The zero-order valence-corrected chi connectivity index (χ0v) is 15.3. The molecule has 0 fully saturated rings. The first kappa shape index (κ1) is 18.5. The van der Waals surface area contributed by atoms with Gasteiger partial charge in [0.15, 0.2) is 11.5 Å². The van der Waals surface area contributed by atoms with Crippen molar-refractivity contribution in [1.82, 2.24) is 0 Å². The quantitative estimate of drug-likeness (QED) is 0.657. The Labute approximate surface area is 165 Å². The van der Waals surface area contributed by atoms with Crippen LogP contribution >= 0.6 is 0 Å². The number of rotatable bonds is 5. The summed E-state index contributed by atoms with van der Waals surface area (Å²) in [4.78, 5) is 27.2. The first-order valence-corrected chi connectivity index (χ1v) is 8.75. The molecule has 1 aliphatic rings. The Balaban J connectivity index is 1.86. The Kier molecular flexibility index (Phi) is 4.64. The second-order valence-corrected chi connectivity index (χ2v) is 6.40. The van der Waals surface area contributed by atoms with E-state index in [2.05, 4.69) is 0 Å². The highest BCUT2D eigenvalue weighted by molar-refractivity contribution is 6.20. The Morgan fingerprint density at radius 1 is 1.10 bits per heavy atom. The molecule has 0 radical (unpaired) electrons. The number of carbonyl (C=O) groups is 2. The predicted octanol–water partition coefficient (Wildman–Crippen LogP) is 4.21. The fourth-order valence-electron chi connectivity index (χ4n) is 3.35. The zero-order valence-electron chi connectivity index (χ0n) is 15.3. The van der Waals surface area contributed by atoms with Gasteiger partial charge in [-0.05, 0) is 54.1 Å². The minimum Gasteiger partial charge on any atom is -0.503 e. The second-order valence-electron chi connectivity index (χ2n) is 6.40. The summed E-state index contributed by atoms with van der Waals surface area (Å²) in [6, 6.07) is 14.1. The smallest absolute Gasteiger partial charge is 0.294 e. The van der Waals surface area contributed by atoms with E-state index in [1.54, 1.807) is 30.3 Å². The summed E-state index contributed by atoms with van der Waals surface area (Å²) in [6.45, 7) is 0. The van der Waals surface area contributed by atoms with Crippen molar-refractivity contribution in [1.29, 1.82) is 0 Å². The van der Waals surface area contributed by atoms with Crippen molar-refractivity contribution in [2.75, 3.05) is 12.0 Å². The average Bonchev–Trinajstić information content (AvgIpc) is 3.36. The maximum atomic E-state index is 13.4. The molecule has 0 bridgehead atoms. The van der Waals surface area contributed by atoms with Crippen molar-refractivity contribution in [2.45, 2.75) is 6.04 Å². The van der Waals surface area contributed by atoms with Crippen molar-refractivity contribution >= 4 is 17.4 Å². The van der Waals surface area contributed by atoms with Crippen LogP contribution in [0.3, 0.4) is 0 Å². The molecule has 0 saturated carbocycles. The number of Topliss-reactive ketones (excluding diaryl/α,β-unsaturated/α-hetero) is 1. The number of halogens is 1. The third-order valence-corrected chi connectivity index (χ3v) is 4.73. The molecule has 0 aliphatic carbocycles. The van der Waals surface area contributed by atoms with Gasteiger partial charge in [-0.15, -0.1) is 0 Å². The summed E-state index contributed by atoms with van der Waals surface area (Å²) < 4.78 is 23.7. The molecule has 2 aromatic carbocycles. The summed E-state index contributed by atoms with van der Waals surface area (Å²) in [7, 11) is 1.52. The number of furan rings is 1. The van der Waals surface area contributed by atoms with Crippen LogP contribution in [-0.4, -0.2) is 23.9 Å². The monoisotopic (exact) mass is 393 g/mol. The van der Waals surface area contributed by atoms with Gasteiger partial charge in [0, 0.05) is 5.69 Å². The van der Waals surface area contributed by atoms with Gasteiger partial charge in [0.2, 0.25) is 5.78 Å². The molecule has 1 aromatic heterocycles.